The minimum Gasteiger partial charge on any atom is -0.321 e. The lowest BCUT2D eigenvalue weighted by Crippen LogP contribution is -2.30. The number of likely N-dealkylation sites (tertiary alicyclic amines) is 1. The molecule has 1 saturated carbocycles. The van der Waals surface area contributed by atoms with Crippen LogP contribution in [0.4, 0.5) is 11.4 Å². The molecule has 2 aliphatic rings. The fraction of sp³-hybridized carbons (Fsp3) is 0.385. The van der Waals surface area contributed by atoms with Crippen molar-refractivity contribution in [1.29, 1.82) is 0 Å². The number of benzene rings is 2. The summed E-state index contributed by atoms with van der Waals surface area (Å²) in [4.78, 5) is 37.8. The second kappa shape index (κ2) is 10.5. The van der Waals surface area contributed by atoms with Gasteiger partial charge >= 0.3 is 0 Å². The first-order valence-electron chi connectivity index (χ1n) is 12.5. The Morgan fingerprint density at radius 3 is 2.42 bits per heavy atom. The van der Waals surface area contributed by atoms with Crippen LogP contribution in [0.2, 0.25) is 0 Å². The van der Waals surface area contributed by atoms with E-state index in [1.54, 1.807) is 25.2 Å². The average Bonchev–Trinajstić information content (AvgIpc) is 3.58. The van der Waals surface area contributed by atoms with E-state index in [-0.39, 0.29) is 48.8 Å². The standard InChI is InChI=1S/C26H28BrN5O5S/c1-31-25(26(35)28-18-8-6-17(27)7-9-18)20-14-19(16-4-5-16)22(15-21(20)29-31)30-38(36,37)13-3-2-12-32-23(33)10-11-24(32)34/h6-9,14-16,30H,2-5,10-13H2,1H3,(H,28,35). The van der Waals surface area contributed by atoms with E-state index < -0.39 is 10.0 Å². The number of anilines is 2. The molecule has 0 unspecified atom stereocenters. The molecule has 38 heavy (non-hydrogen) atoms. The number of imide groups is 1. The van der Waals surface area contributed by atoms with Gasteiger partial charge in [0.25, 0.3) is 5.91 Å². The Morgan fingerprint density at radius 2 is 1.76 bits per heavy atom. The smallest absolute Gasteiger partial charge is 0.274 e. The molecule has 12 heteroatoms. The first-order chi connectivity index (χ1) is 18.1. The van der Waals surface area contributed by atoms with Crippen molar-refractivity contribution in [1.82, 2.24) is 14.7 Å². The van der Waals surface area contributed by atoms with Crippen LogP contribution in [0.3, 0.4) is 0 Å². The summed E-state index contributed by atoms with van der Waals surface area (Å²) >= 11 is 3.38. The number of fused-ring (bicyclic) bond motifs is 1. The van der Waals surface area contributed by atoms with Gasteiger partial charge in [0.15, 0.2) is 0 Å². The molecule has 2 N–H and O–H groups in total. The Bertz CT molecular complexity index is 1510. The van der Waals surface area contributed by atoms with Gasteiger partial charge in [0.1, 0.15) is 5.69 Å². The number of halogens is 1. The van der Waals surface area contributed by atoms with Gasteiger partial charge in [-0.05, 0) is 73.6 Å². The lowest BCUT2D eigenvalue weighted by atomic mass is 10.0. The van der Waals surface area contributed by atoms with Crippen molar-refractivity contribution in [3.63, 3.8) is 0 Å². The zero-order valence-corrected chi connectivity index (χ0v) is 23.3. The monoisotopic (exact) mass is 601 g/mol. The van der Waals surface area contributed by atoms with Gasteiger partial charge in [-0.1, -0.05) is 15.9 Å². The van der Waals surface area contributed by atoms with Crippen molar-refractivity contribution >= 4 is 66.0 Å². The molecule has 1 aliphatic heterocycles. The van der Waals surface area contributed by atoms with Gasteiger partial charge in [-0.2, -0.15) is 5.10 Å². The Morgan fingerprint density at radius 1 is 1.08 bits per heavy atom. The number of carbonyl (C=O) groups is 3. The van der Waals surface area contributed by atoms with Crippen LogP contribution in [0.5, 0.6) is 0 Å². The van der Waals surface area contributed by atoms with E-state index in [9.17, 15) is 22.8 Å². The number of unbranched alkanes of at least 4 members (excludes halogenated alkanes) is 1. The quantitative estimate of drug-likeness (QED) is 0.265. The summed E-state index contributed by atoms with van der Waals surface area (Å²) in [6.07, 6.45) is 3.08. The maximum atomic E-state index is 13.1. The SMILES string of the molecule is Cn1nc2cc(NS(=O)(=O)CCCCN3C(=O)CCC3=O)c(C3CC3)cc2c1C(=O)Nc1ccc(Br)cc1. The molecule has 3 amide bonds. The molecule has 0 bridgehead atoms. The maximum Gasteiger partial charge on any atom is 0.274 e. The largest absolute Gasteiger partial charge is 0.321 e. The van der Waals surface area contributed by atoms with Gasteiger partial charge in [0.05, 0.1) is 17.0 Å². The zero-order chi connectivity index (χ0) is 27.0. The fourth-order valence-corrected chi connectivity index (χ4v) is 6.19. The average molecular weight is 603 g/mol. The van der Waals surface area contributed by atoms with Crippen molar-refractivity contribution in [2.75, 3.05) is 22.3 Å². The van der Waals surface area contributed by atoms with Crippen LogP contribution in [0, 0.1) is 0 Å². The molecule has 2 fully saturated rings. The van der Waals surface area contributed by atoms with Crippen LogP contribution >= 0.6 is 15.9 Å². The minimum atomic E-state index is -3.67. The predicted molar refractivity (Wildman–Crippen MR) is 147 cm³/mol. The topological polar surface area (TPSA) is 130 Å². The van der Waals surface area contributed by atoms with Crippen LogP contribution in [-0.4, -0.2) is 53.1 Å². The number of aromatic nitrogens is 2. The second-order valence-corrected chi connectivity index (χ2v) is 12.5. The highest BCUT2D eigenvalue weighted by atomic mass is 79.9. The first kappa shape index (κ1) is 26.4. The summed E-state index contributed by atoms with van der Waals surface area (Å²) < 4.78 is 31.0. The van der Waals surface area contributed by atoms with Crippen LogP contribution < -0.4 is 10.0 Å². The van der Waals surface area contributed by atoms with E-state index in [1.165, 1.54) is 9.58 Å². The number of rotatable bonds is 10. The van der Waals surface area contributed by atoms with E-state index in [4.69, 9.17) is 0 Å². The molecule has 5 rings (SSSR count). The Balaban J connectivity index is 1.32. The summed E-state index contributed by atoms with van der Waals surface area (Å²) in [7, 11) is -1.99. The molecule has 200 valence electrons. The molecule has 0 radical (unpaired) electrons. The summed E-state index contributed by atoms with van der Waals surface area (Å²) in [5.74, 6) is -0.611. The molecule has 1 aromatic heterocycles. The zero-order valence-electron chi connectivity index (χ0n) is 20.9. The van der Waals surface area contributed by atoms with Crippen LogP contribution in [0.25, 0.3) is 10.9 Å². The lowest BCUT2D eigenvalue weighted by molar-refractivity contribution is -0.138. The number of aryl methyl sites for hydroxylation is 1. The molecule has 2 heterocycles. The van der Waals surface area contributed by atoms with Crippen molar-refractivity contribution in [2.24, 2.45) is 7.05 Å². The summed E-state index contributed by atoms with van der Waals surface area (Å²) in [6, 6.07) is 10.8. The second-order valence-electron chi connectivity index (χ2n) is 9.73. The Hall–Kier alpha value is -3.25. The normalized spacial score (nSPS) is 15.9. The van der Waals surface area contributed by atoms with Crippen molar-refractivity contribution < 1.29 is 22.8 Å². The summed E-state index contributed by atoms with van der Waals surface area (Å²) in [5.41, 5.74) is 2.88. The van der Waals surface area contributed by atoms with Crippen LogP contribution in [0.15, 0.2) is 40.9 Å². The number of amides is 3. The Labute approximate surface area is 228 Å². The molecule has 0 atom stereocenters. The number of hydrogen-bond donors (Lipinski definition) is 2. The number of nitrogens with one attached hydrogen (secondary N) is 2. The molecule has 0 spiro atoms. The van der Waals surface area contributed by atoms with Gasteiger partial charge in [0.2, 0.25) is 21.8 Å². The van der Waals surface area contributed by atoms with Crippen molar-refractivity contribution in [2.45, 2.75) is 44.4 Å². The van der Waals surface area contributed by atoms with E-state index in [0.717, 1.165) is 22.9 Å². The highest BCUT2D eigenvalue weighted by molar-refractivity contribution is 9.10. The first-order valence-corrected chi connectivity index (χ1v) is 15.0. The van der Waals surface area contributed by atoms with Crippen molar-refractivity contribution in [3.8, 4) is 0 Å². The minimum absolute atomic E-state index is 0.131. The van der Waals surface area contributed by atoms with Crippen molar-refractivity contribution in [3.05, 3.63) is 52.1 Å². The number of carbonyl (C=O) groups excluding carboxylic acids is 3. The van der Waals surface area contributed by atoms with Crippen LogP contribution in [-0.2, 0) is 26.7 Å². The molecule has 1 saturated heterocycles. The number of sulfonamides is 1. The van der Waals surface area contributed by atoms with E-state index >= 15 is 0 Å². The summed E-state index contributed by atoms with van der Waals surface area (Å²) in [5, 5.41) is 8.04. The van der Waals surface area contributed by atoms with Gasteiger partial charge in [-0.25, -0.2) is 8.42 Å². The third kappa shape index (κ3) is 5.75. The molecule has 3 aromatic rings. The highest BCUT2D eigenvalue weighted by Gasteiger charge is 2.30. The fourth-order valence-electron chi connectivity index (χ4n) is 4.73. The van der Waals surface area contributed by atoms with Gasteiger partial charge in [0, 0.05) is 42.0 Å². The third-order valence-corrected chi connectivity index (χ3v) is 8.69. The predicted octanol–water partition coefficient (Wildman–Crippen LogP) is 4.14. The number of nitrogens with zero attached hydrogens (tertiary/aromatic N) is 3. The highest BCUT2D eigenvalue weighted by Crippen LogP contribution is 2.45. The molecule has 2 aromatic carbocycles. The van der Waals surface area contributed by atoms with E-state index in [2.05, 4.69) is 31.1 Å². The van der Waals surface area contributed by atoms with Crippen LogP contribution in [0.1, 0.15) is 60.5 Å². The molecular formula is C26H28BrN5O5S. The molecule has 1 aliphatic carbocycles. The maximum absolute atomic E-state index is 13.1. The van der Waals surface area contributed by atoms with Gasteiger partial charge < -0.3 is 5.32 Å². The van der Waals surface area contributed by atoms with Gasteiger partial charge in [-0.3, -0.25) is 28.7 Å². The van der Waals surface area contributed by atoms with E-state index in [1.807, 2.05) is 18.2 Å². The Kier molecular flexibility index (Phi) is 7.28. The molecule has 10 nitrogen and oxygen atoms in total. The van der Waals surface area contributed by atoms with E-state index in [0.29, 0.717) is 40.8 Å². The third-order valence-electron chi connectivity index (χ3n) is 6.80. The summed E-state index contributed by atoms with van der Waals surface area (Å²) in [6.45, 7) is 0.242. The number of hydrogen-bond acceptors (Lipinski definition) is 6. The van der Waals surface area contributed by atoms with Gasteiger partial charge in [-0.15, -0.1) is 0 Å². The molecular weight excluding hydrogens is 574 g/mol. The lowest BCUT2D eigenvalue weighted by Gasteiger charge is -2.15.